The van der Waals surface area contributed by atoms with Crippen molar-refractivity contribution >= 4 is 5.97 Å². The molecule has 5 heteroatoms. The Balaban J connectivity index is 1.65. The van der Waals surface area contributed by atoms with Crippen LogP contribution in [0, 0.1) is 11.8 Å². The number of aliphatic carboxylic acids is 1. The molecule has 0 radical (unpaired) electrons. The monoisotopic (exact) mass is 305 g/mol. The molecule has 2 bridgehead atoms. The van der Waals surface area contributed by atoms with Gasteiger partial charge in [0.05, 0.1) is 5.92 Å². The Bertz CT molecular complexity index is 587. The van der Waals surface area contributed by atoms with Crippen LogP contribution in [0.3, 0.4) is 0 Å². The van der Waals surface area contributed by atoms with E-state index in [9.17, 15) is 20.1 Å². The predicted molar refractivity (Wildman–Crippen MR) is 80.2 cm³/mol. The molecule has 5 nitrogen and oxygen atoms in total. The second-order valence-electron chi connectivity index (χ2n) is 7.28. The zero-order valence-electron chi connectivity index (χ0n) is 12.7. The Morgan fingerprint density at radius 3 is 2.18 bits per heavy atom. The van der Waals surface area contributed by atoms with Crippen molar-refractivity contribution in [2.24, 2.45) is 11.8 Å². The van der Waals surface area contributed by atoms with Crippen LogP contribution < -0.4 is 0 Å². The number of carboxylic acids is 1. The summed E-state index contributed by atoms with van der Waals surface area (Å²) in [6.45, 7) is 0.418. The van der Waals surface area contributed by atoms with Crippen molar-refractivity contribution in [1.82, 2.24) is 4.57 Å². The van der Waals surface area contributed by atoms with E-state index in [2.05, 4.69) is 0 Å². The normalized spacial score (nSPS) is 33.1. The lowest BCUT2D eigenvalue weighted by molar-refractivity contribution is -0.145. The summed E-state index contributed by atoms with van der Waals surface area (Å²) in [6, 6.07) is 0. The van der Waals surface area contributed by atoms with Crippen LogP contribution in [-0.2, 0) is 11.3 Å². The lowest BCUT2D eigenvalue weighted by Gasteiger charge is -2.29. The Hall–Kier alpha value is -1.65. The molecule has 1 aromatic heterocycles. The van der Waals surface area contributed by atoms with Crippen molar-refractivity contribution in [2.75, 3.05) is 0 Å². The van der Waals surface area contributed by atoms with Gasteiger partial charge in [-0.15, -0.1) is 0 Å². The smallest absolute Gasteiger partial charge is 0.306 e. The van der Waals surface area contributed by atoms with Gasteiger partial charge in [-0.3, -0.25) is 9.36 Å². The Morgan fingerprint density at radius 2 is 1.59 bits per heavy atom. The molecule has 1 aromatic rings. The Morgan fingerprint density at radius 1 is 1.00 bits per heavy atom. The van der Waals surface area contributed by atoms with Gasteiger partial charge in [-0.05, 0) is 49.9 Å². The number of fused-ring (bicyclic) bond motifs is 5. The SMILES string of the molecule is O=C(O)C1CCCCC1Cn1c(O)c2c(c1O)[C@H]1CC[C@@H]2C1. The van der Waals surface area contributed by atoms with Crippen molar-refractivity contribution in [1.29, 1.82) is 0 Å². The first-order valence-electron chi connectivity index (χ1n) is 8.45. The van der Waals surface area contributed by atoms with Crippen molar-refractivity contribution in [3.05, 3.63) is 11.1 Å². The highest BCUT2D eigenvalue weighted by Gasteiger charge is 2.44. The van der Waals surface area contributed by atoms with Crippen molar-refractivity contribution in [3.63, 3.8) is 0 Å². The molecule has 2 saturated carbocycles. The van der Waals surface area contributed by atoms with Crippen molar-refractivity contribution < 1.29 is 20.1 Å². The first kappa shape index (κ1) is 14.0. The second kappa shape index (κ2) is 4.93. The zero-order chi connectivity index (χ0) is 15.4. The van der Waals surface area contributed by atoms with E-state index in [-0.39, 0.29) is 23.6 Å². The minimum Gasteiger partial charge on any atom is -0.494 e. The molecule has 1 heterocycles. The van der Waals surface area contributed by atoms with Gasteiger partial charge in [0.2, 0.25) is 0 Å². The summed E-state index contributed by atoms with van der Waals surface area (Å²) in [4.78, 5) is 11.4. The lowest BCUT2D eigenvalue weighted by Crippen LogP contribution is -2.30. The van der Waals surface area contributed by atoms with Gasteiger partial charge < -0.3 is 15.3 Å². The Kier molecular flexibility index (Phi) is 3.13. The van der Waals surface area contributed by atoms with Crippen molar-refractivity contribution in [3.8, 4) is 11.8 Å². The van der Waals surface area contributed by atoms with Crippen LogP contribution in [0.5, 0.6) is 11.8 Å². The number of rotatable bonds is 3. The van der Waals surface area contributed by atoms with Gasteiger partial charge >= 0.3 is 5.97 Å². The zero-order valence-corrected chi connectivity index (χ0v) is 12.7. The minimum absolute atomic E-state index is 0.00627. The number of nitrogens with zero attached hydrogens (tertiary/aromatic N) is 1. The summed E-state index contributed by atoms with van der Waals surface area (Å²) in [5, 5.41) is 30.5. The molecule has 3 N–H and O–H groups in total. The van der Waals surface area contributed by atoms with Crippen LogP contribution in [0.15, 0.2) is 0 Å². The number of aromatic nitrogens is 1. The molecule has 22 heavy (non-hydrogen) atoms. The van der Waals surface area contributed by atoms with E-state index in [0.717, 1.165) is 49.7 Å². The van der Waals surface area contributed by atoms with E-state index >= 15 is 0 Å². The molecule has 0 spiro atoms. The molecular weight excluding hydrogens is 282 g/mol. The fourth-order valence-electron chi connectivity index (χ4n) is 5.10. The Labute approximate surface area is 129 Å². The van der Waals surface area contributed by atoms with Gasteiger partial charge in [-0.1, -0.05) is 12.8 Å². The molecule has 0 amide bonds. The third kappa shape index (κ3) is 1.87. The highest BCUT2D eigenvalue weighted by Crippen LogP contribution is 2.60. The van der Waals surface area contributed by atoms with E-state index in [1.54, 1.807) is 4.57 Å². The van der Waals surface area contributed by atoms with Gasteiger partial charge in [0.25, 0.3) is 0 Å². The summed E-state index contributed by atoms with van der Waals surface area (Å²) in [7, 11) is 0. The molecule has 2 fully saturated rings. The van der Waals surface area contributed by atoms with Gasteiger partial charge in [0.15, 0.2) is 11.8 Å². The minimum atomic E-state index is -0.747. The van der Waals surface area contributed by atoms with E-state index in [1.807, 2.05) is 0 Å². The molecule has 0 saturated heterocycles. The third-order valence-corrected chi connectivity index (χ3v) is 6.18. The van der Waals surface area contributed by atoms with Crippen LogP contribution in [0.25, 0.3) is 0 Å². The van der Waals surface area contributed by atoms with Crippen LogP contribution in [0.1, 0.15) is 67.9 Å². The highest BCUT2D eigenvalue weighted by molar-refractivity contribution is 5.70. The summed E-state index contributed by atoms with van der Waals surface area (Å²) in [5.41, 5.74) is 1.88. The van der Waals surface area contributed by atoms with Crippen LogP contribution >= 0.6 is 0 Å². The maximum Gasteiger partial charge on any atom is 0.306 e. The molecule has 3 aliphatic rings. The molecular formula is C17H23NO4. The third-order valence-electron chi connectivity index (χ3n) is 6.18. The van der Waals surface area contributed by atoms with Gasteiger partial charge in [-0.2, -0.15) is 0 Å². The molecule has 2 unspecified atom stereocenters. The summed E-state index contributed by atoms with van der Waals surface area (Å²) in [6.07, 6.45) is 6.78. The quantitative estimate of drug-likeness (QED) is 0.801. The maximum absolute atomic E-state index is 11.4. The fourth-order valence-corrected chi connectivity index (χ4v) is 5.10. The van der Waals surface area contributed by atoms with E-state index in [4.69, 9.17) is 0 Å². The summed E-state index contributed by atoms with van der Waals surface area (Å²) in [5.74, 6) is 0.0320. The standard InChI is InChI=1S/C17H23NO4/c19-15-13-9-5-6-10(7-9)14(13)16(20)18(15)8-11-3-1-2-4-12(11)17(21)22/h9-12,19-20H,1-8H2,(H,21,22)/t9-,10+,11?,12?. The van der Waals surface area contributed by atoms with Crippen LogP contribution in [0.4, 0.5) is 0 Å². The number of carbonyl (C=O) groups is 1. The van der Waals surface area contributed by atoms with Gasteiger partial charge in [-0.25, -0.2) is 0 Å². The van der Waals surface area contributed by atoms with Crippen molar-refractivity contribution in [2.45, 2.75) is 63.3 Å². The number of hydrogen-bond donors (Lipinski definition) is 3. The first-order valence-corrected chi connectivity index (χ1v) is 8.45. The topological polar surface area (TPSA) is 82.7 Å². The number of carboxylic acid groups (broad SMARTS) is 1. The molecule has 4 atom stereocenters. The molecule has 3 aliphatic carbocycles. The van der Waals surface area contributed by atoms with E-state index in [0.29, 0.717) is 24.8 Å². The van der Waals surface area contributed by atoms with Crippen LogP contribution in [0.2, 0.25) is 0 Å². The average Bonchev–Trinajstić information content (AvgIpc) is 3.17. The number of aromatic hydroxyl groups is 2. The fraction of sp³-hybridized carbons (Fsp3) is 0.706. The lowest BCUT2D eigenvalue weighted by atomic mass is 9.79. The average molecular weight is 305 g/mol. The van der Waals surface area contributed by atoms with E-state index < -0.39 is 5.97 Å². The molecule has 0 aliphatic heterocycles. The largest absolute Gasteiger partial charge is 0.494 e. The maximum atomic E-state index is 11.4. The molecule has 4 rings (SSSR count). The highest BCUT2D eigenvalue weighted by atomic mass is 16.4. The van der Waals surface area contributed by atoms with Gasteiger partial charge in [0, 0.05) is 17.7 Å². The van der Waals surface area contributed by atoms with Crippen LogP contribution in [-0.4, -0.2) is 25.9 Å². The second-order valence-corrected chi connectivity index (χ2v) is 7.28. The first-order chi connectivity index (χ1) is 10.6. The van der Waals surface area contributed by atoms with Gasteiger partial charge in [0.1, 0.15) is 0 Å². The molecule has 0 aromatic carbocycles. The number of hydrogen-bond acceptors (Lipinski definition) is 3. The predicted octanol–water partition coefficient (Wildman–Crippen LogP) is 3.16. The summed E-state index contributed by atoms with van der Waals surface area (Å²) < 4.78 is 1.58. The molecule has 120 valence electrons. The van der Waals surface area contributed by atoms with E-state index in [1.165, 1.54) is 0 Å². The summed E-state index contributed by atoms with van der Waals surface area (Å²) >= 11 is 0.